The van der Waals surface area contributed by atoms with E-state index in [4.69, 9.17) is 4.74 Å². The van der Waals surface area contributed by atoms with E-state index in [-0.39, 0.29) is 30.4 Å². The predicted octanol–water partition coefficient (Wildman–Crippen LogP) is 4.28. The number of hydrogen-bond acceptors (Lipinski definition) is 3. The van der Waals surface area contributed by atoms with Gasteiger partial charge in [0.1, 0.15) is 12.4 Å². The Balaban J connectivity index is 0.00000132. The molecule has 5 heteroatoms. The van der Waals surface area contributed by atoms with Crippen LogP contribution in [0.4, 0.5) is 0 Å². The summed E-state index contributed by atoms with van der Waals surface area (Å²) in [6, 6.07) is 10.4. The summed E-state index contributed by atoms with van der Waals surface area (Å²) >= 11 is 0. The number of benzene rings is 1. The van der Waals surface area contributed by atoms with Crippen molar-refractivity contribution in [3.63, 3.8) is 0 Å². The summed E-state index contributed by atoms with van der Waals surface area (Å²) in [5.74, 6) is 1.51. The minimum atomic E-state index is 0. The Morgan fingerprint density at radius 3 is 2.57 bits per heavy atom. The first kappa shape index (κ1) is 19.8. The second-order valence-electron chi connectivity index (χ2n) is 6.02. The summed E-state index contributed by atoms with van der Waals surface area (Å²) in [4.78, 5) is 4.32. The standard InChI is InChI=1S/C18H22N2O.2ClH/c1-13-6-4-5-7-17(13)15-8-16(11-20-10-15)21-12-18(19-3)9-14(18)2;;/h4-8,10-11,14,19H,9,12H2,1-3H3;2*1H/t14-,18-;;/m0../s1. The summed E-state index contributed by atoms with van der Waals surface area (Å²) in [5.41, 5.74) is 3.71. The third-order valence-corrected chi connectivity index (χ3v) is 4.62. The van der Waals surface area contributed by atoms with Gasteiger partial charge in [-0.05, 0) is 43.5 Å². The monoisotopic (exact) mass is 354 g/mol. The number of aryl methyl sites for hydroxylation is 1. The maximum Gasteiger partial charge on any atom is 0.138 e. The van der Waals surface area contributed by atoms with Crippen molar-refractivity contribution >= 4 is 24.8 Å². The molecule has 1 saturated carbocycles. The largest absolute Gasteiger partial charge is 0.490 e. The fourth-order valence-corrected chi connectivity index (χ4v) is 2.86. The zero-order valence-corrected chi connectivity index (χ0v) is 15.3. The second-order valence-corrected chi connectivity index (χ2v) is 6.02. The second kappa shape index (κ2) is 8.00. The number of nitrogens with zero attached hydrogens (tertiary/aromatic N) is 1. The molecule has 0 radical (unpaired) electrons. The Labute approximate surface area is 150 Å². The van der Waals surface area contributed by atoms with Crippen LogP contribution in [-0.2, 0) is 0 Å². The summed E-state index contributed by atoms with van der Waals surface area (Å²) in [7, 11) is 2.01. The van der Waals surface area contributed by atoms with Crippen LogP contribution in [0, 0.1) is 12.8 Å². The topological polar surface area (TPSA) is 34.1 Å². The van der Waals surface area contributed by atoms with Crippen LogP contribution in [0.2, 0.25) is 0 Å². The van der Waals surface area contributed by atoms with Crippen molar-refractivity contribution in [3.8, 4) is 16.9 Å². The van der Waals surface area contributed by atoms with Gasteiger partial charge >= 0.3 is 0 Å². The van der Waals surface area contributed by atoms with Gasteiger partial charge in [0.15, 0.2) is 0 Å². The van der Waals surface area contributed by atoms with Gasteiger partial charge in [0.25, 0.3) is 0 Å². The van der Waals surface area contributed by atoms with Crippen LogP contribution >= 0.6 is 24.8 Å². The molecule has 2 atom stereocenters. The zero-order valence-electron chi connectivity index (χ0n) is 13.7. The lowest BCUT2D eigenvalue weighted by atomic mass is 10.0. The van der Waals surface area contributed by atoms with Gasteiger partial charge < -0.3 is 10.1 Å². The van der Waals surface area contributed by atoms with Gasteiger partial charge in [-0.25, -0.2) is 0 Å². The molecule has 1 aromatic heterocycles. The van der Waals surface area contributed by atoms with Crippen LogP contribution in [0.3, 0.4) is 0 Å². The van der Waals surface area contributed by atoms with Crippen molar-refractivity contribution in [2.24, 2.45) is 5.92 Å². The molecule has 1 fully saturated rings. The summed E-state index contributed by atoms with van der Waals surface area (Å²) in [5, 5.41) is 3.38. The quantitative estimate of drug-likeness (QED) is 0.869. The highest BCUT2D eigenvalue weighted by Crippen LogP contribution is 2.42. The summed E-state index contributed by atoms with van der Waals surface area (Å²) in [6.45, 7) is 5.07. The molecule has 1 N–H and O–H groups in total. The summed E-state index contributed by atoms with van der Waals surface area (Å²) < 4.78 is 5.97. The molecule has 0 unspecified atom stereocenters. The molecule has 0 saturated heterocycles. The highest BCUT2D eigenvalue weighted by molar-refractivity contribution is 5.85. The minimum Gasteiger partial charge on any atom is -0.490 e. The van der Waals surface area contributed by atoms with E-state index in [1.54, 1.807) is 6.20 Å². The van der Waals surface area contributed by atoms with Gasteiger partial charge in [-0.15, -0.1) is 24.8 Å². The van der Waals surface area contributed by atoms with Crippen molar-refractivity contribution in [1.82, 2.24) is 10.3 Å². The van der Waals surface area contributed by atoms with Crippen LogP contribution < -0.4 is 10.1 Å². The lowest BCUT2D eigenvalue weighted by molar-refractivity contribution is 0.249. The number of halogens is 2. The summed E-state index contributed by atoms with van der Waals surface area (Å²) in [6.07, 6.45) is 4.86. The molecular weight excluding hydrogens is 331 g/mol. The first-order chi connectivity index (χ1) is 10.1. The van der Waals surface area contributed by atoms with Crippen LogP contribution in [0.1, 0.15) is 18.9 Å². The van der Waals surface area contributed by atoms with Crippen molar-refractivity contribution in [2.75, 3.05) is 13.7 Å². The normalized spacial score (nSPS) is 21.8. The molecular formula is C18H24Cl2N2O. The zero-order chi connectivity index (χ0) is 14.9. The first-order valence-electron chi connectivity index (χ1n) is 7.47. The lowest BCUT2D eigenvalue weighted by Gasteiger charge is -2.17. The van der Waals surface area contributed by atoms with Gasteiger partial charge in [-0.3, -0.25) is 4.98 Å². The van der Waals surface area contributed by atoms with Crippen LogP contribution in [-0.4, -0.2) is 24.2 Å². The van der Waals surface area contributed by atoms with Crippen LogP contribution in [0.15, 0.2) is 42.7 Å². The van der Waals surface area contributed by atoms with Gasteiger partial charge in [-0.1, -0.05) is 31.2 Å². The number of ether oxygens (including phenoxy) is 1. The van der Waals surface area contributed by atoms with E-state index >= 15 is 0 Å². The molecule has 126 valence electrons. The van der Waals surface area contributed by atoms with E-state index in [1.807, 2.05) is 13.2 Å². The van der Waals surface area contributed by atoms with Gasteiger partial charge in [0, 0.05) is 11.8 Å². The Hall–Kier alpha value is -1.29. The van der Waals surface area contributed by atoms with E-state index in [9.17, 15) is 0 Å². The Kier molecular flexibility index (Phi) is 6.87. The third kappa shape index (κ3) is 4.17. The average Bonchev–Trinajstić information content (AvgIpc) is 3.17. The SMILES string of the molecule is CN[C@]1(COc2cncc(-c3ccccc3C)c2)C[C@@H]1C.Cl.Cl. The molecule has 23 heavy (non-hydrogen) atoms. The highest BCUT2D eigenvalue weighted by atomic mass is 35.5. The van der Waals surface area contributed by atoms with E-state index in [0.717, 1.165) is 11.3 Å². The average molecular weight is 355 g/mol. The highest BCUT2D eigenvalue weighted by Gasteiger charge is 2.50. The van der Waals surface area contributed by atoms with Crippen LogP contribution in [0.25, 0.3) is 11.1 Å². The molecule has 3 rings (SSSR count). The Bertz CT molecular complexity index is 646. The molecule has 1 aliphatic carbocycles. The molecule has 0 amide bonds. The molecule has 0 bridgehead atoms. The first-order valence-corrected chi connectivity index (χ1v) is 7.47. The van der Waals surface area contributed by atoms with Crippen molar-refractivity contribution < 1.29 is 4.74 Å². The number of nitrogens with one attached hydrogen (secondary N) is 1. The number of likely N-dealkylation sites (N-methyl/N-ethyl adjacent to an activating group) is 1. The molecule has 0 spiro atoms. The fourth-order valence-electron chi connectivity index (χ4n) is 2.86. The third-order valence-electron chi connectivity index (χ3n) is 4.62. The minimum absolute atomic E-state index is 0. The number of aromatic nitrogens is 1. The van der Waals surface area contributed by atoms with Crippen molar-refractivity contribution in [2.45, 2.75) is 25.8 Å². The maximum absolute atomic E-state index is 5.97. The van der Waals surface area contributed by atoms with Crippen LogP contribution in [0.5, 0.6) is 5.75 Å². The Morgan fingerprint density at radius 2 is 1.96 bits per heavy atom. The Morgan fingerprint density at radius 1 is 1.26 bits per heavy atom. The van der Waals surface area contributed by atoms with Crippen molar-refractivity contribution in [1.29, 1.82) is 0 Å². The fraction of sp³-hybridized carbons (Fsp3) is 0.389. The molecule has 1 aromatic carbocycles. The maximum atomic E-state index is 5.97. The molecule has 1 aliphatic rings. The number of rotatable bonds is 5. The predicted molar refractivity (Wildman–Crippen MR) is 100.0 cm³/mol. The van der Waals surface area contributed by atoms with Crippen molar-refractivity contribution in [3.05, 3.63) is 48.3 Å². The lowest BCUT2D eigenvalue weighted by Crippen LogP contribution is -2.36. The van der Waals surface area contributed by atoms with E-state index < -0.39 is 0 Å². The van der Waals surface area contributed by atoms with E-state index in [0.29, 0.717) is 12.5 Å². The number of hydrogen-bond donors (Lipinski definition) is 1. The van der Waals surface area contributed by atoms with E-state index in [1.165, 1.54) is 17.5 Å². The van der Waals surface area contributed by atoms with Gasteiger partial charge in [-0.2, -0.15) is 0 Å². The number of pyridine rings is 1. The molecule has 2 aromatic rings. The molecule has 1 heterocycles. The molecule has 0 aliphatic heterocycles. The van der Waals surface area contributed by atoms with Gasteiger partial charge in [0.2, 0.25) is 0 Å². The van der Waals surface area contributed by atoms with Gasteiger partial charge in [0.05, 0.1) is 11.7 Å². The smallest absolute Gasteiger partial charge is 0.138 e. The molecule has 3 nitrogen and oxygen atoms in total. The van der Waals surface area contributed by atoms with E-state index in [2.05, 4.69) is 54.5 Å².